The van der Waals surface area contributed by atoms with Crippen LogP contribution < -0.4 is 5.32 Å². The second-order valence-electron chi connectivity index (χ2n) is 8.66. The maximum Gasteiger partial charge on any atom is 0.147 e. The van der Waals surface area contributed by atoms with E-state index < -0.39 is 0 Å². The molecule has 0 heterocycles. The van der Waals surface area contributed by atoms with Crippen LogP contribution in [0.2, 0.25) is 0 Å². The summed E-state index contributed by atoms with van der Waals surface area (Å²) in [6.07, 6.45) is 17.4. The molecule has 0 aliphatic heterocycles. The van der Waals surface area contributed by atoms with Gasteiger partial charge in [-0.1, -0.05) is 96.6 Å². The van der Waals surface area contributed by atoms with Gasteiger partial charge in [0.25, 0.3) is 0 Å². The molecule has 0 amide bonds. The van der Waals surface area contributed by atoms with Gasteiger partial charge in [-0.15, -0.1) is 0 Å². The first-order valence-corrected chi connectivity index (χ1v) is 12.1. The maximum atomic E-state index is 12.3. The number of rotatable bonds is 18. The number of hydrogen-bond acceptors (Lipinski definition) is 3. The third kappa shape index (κ3) is 12.7. The third-order valence-electron chi connectivity index (χ3n) is 5.87. The van der Waals surface area contributed by atoms with Crippen LogP contribution in [-0.2, 0) is 11.2 Å². The predicted molar refractivity (Wildman–Crippen MR) is 125 cm³/mol. The number of nitrogens with one attached hydrogen (secondary N) is 1. The van der Waals surface area contributed by atoms with Crippen molar-refractivity contribution in [3.8, 4) is 5.75 Å². The van der Waals surface area contributed by atoms with Gasteiger partial charge < -0.3 is 10.4 Å². The molecule has 2 N–H and O–H groups in total. The molecule has 0 aromatic heterocycles. The molecule has 0 aliphatic carbocycles. The third-order valence-corrected chi connectivity index (χ3v) is 5.87. The lowest BCUT2D eigenvalue weighted by atomic mass is 9.97. The van der Waals surface area contributed by atoms with Gasteiger partial charge in [0, 0.05) is 6.04 Å². The summed E-state index contributed by atoms with van der Waals surface area (Å²) < 4.78 is 0. The van der Waals surface area contributed by atoms with E-state index in [1.54, 1.807) is 19.1 Å². The van der Waals surface area contributed by atoms with Crippen molar-refractivity contribution in [3.63, 3.8) is 0 Å². The van der Waals surface area contributed by atoms with Gasteiger partial charge in [0.1, 0.15) is 11.5 Å². The largest absolute Gasteiger partial charge is 0.508 e. The summed E-state index contributed by atoms with van der Waals surface area (Å²) in [4.78, 5) is 12.3. The Labute approximate surface area is 179 Å². The number of carbonyl (C=O) groups excluding carboxylic acids is 1. The van der Waals surface area contributed by atoms with Crippen LogP contribution in [0.15, 0.2) is 24.3 Å². The molecular weight excluding hydrogens is 358 g/mol. The van der Waals surface area contributed by atoms with Crippen molar-refractivity contribution in [1.82, 2.24) is 5.32 Å². The molecule has 0 fully saturated rings. The fourth-order valence-corrected chi connectivity index (χ4v) is 3.95. The SMILES string of the molecule is CCCCCCCCC(CCCCCCC)NC(Cc1ccc(O)cc1)C(C)=O. The van der Waals surface area contributed by atoms with Crippen LogP contribution >= 0.6 is 0 Å². The molecule has 1 aromatic carbocycles. The molecule has 2 unspecified atom stereocenters. The Hall–Kier alpha value is -1.35. The number of Topliss-reactive ketones (excluding diaryl/α,β-unsaturated/α-hetero) is 1. The van der Waals surface area contributed by atoms with E-state index in [1.807, 2.05) is 12.1 Å². The zero-order valence-corrected chi connectivity index (χ0v) is 19.2. The number of unbranched alkanes of at least 4 members (excludes halogenated alkanes) is 9. The molecule has 0 aliphatic rings. The van der Waals surface area contributed by atoms with Crippen molar-refractivity contribution in [2.24, 2.45) is 0 Å². The van der Waals surface area contributed by atoms with E-state index in [2.05, 4.69) is 19.2 Å². The number of carbonyl (C=O) groups is 1. The topological polar surface area (TPSA) is 49.3 Å². The Bertz CT molecular complexity index is 526. The highest BCUT2D eigenvalue weighted by atomic mass is 16.3. The minimum atomic E-state index is -0.139. The van der Waals surface area contributed by atoms with E-state index in [9.17, 15) is 9.90 Å². The molecule has 1 aromatic rings. The lowest BCUT2D eigenvalue weighted by molar-refractivity contribution is -0.119. The van der Waals surface area contributed by atoms with Gasteiger partial charge in [0.2, 0.25) is 0 Å². The Kier molecular flexibility index (Phi) is 14.6. The molecule has 3 nitrogen and oxygen atoms in total. The van der Waals surface area contributed by atoms with Gasteiger partial charge in [-0.25, -0.2) is 0 Å². The smallest absolute Gasteiger partial charge is 0.147 e. The summed E-state index contributed by atoms with van der Waals surface area (Å²) in [5.74, 6) is 0.478. The summed E-state index contributed by atoms with van der Waals surface area (Å²) in [6.45, 7) is 6.21. The Morgan fingerprint density at radius 3 is 1.79 bits per heavy atom. The average Bonchev–Trinajstić information content (AvgIpc) is 2.70. The summed E-state index contributed by atoms with van der Waals surface area (Å²) in [5, 5.41) is 13.2. The van der Waals surface area contributed by atoms with Gasteiger partial charge >= 0.3 is 0 Å². The summed E-state index contributed by atoms with van der Waals surface area (Å²) >= 11 is 0. The molecule has 0 saturated heterocycles. The Balaban J connectivity index is 2.56. The highest BCUT2D eigenvalue weighted by molar-refractivity contribution is 5.81. The Morgan fingerprint density at radius 2 is 1.31 bits per heavy atom. The lowest BCUT2D eigenvalue weighted by Crippen LogP contribution is -2.44. The van der Waals surface area contributed by atoms with E-state index in [0.717, 1.165) is 12.0 Å². The number of phenols is 1. The minimum absolute atomic E-state index is 0.139. The van der Waals surface area contributed by atoms with Gasteiger partial charge in [-0.2, -0.15) is 0 Å². The van der Waals surface area contributed by atoms with Crippen molar-refractivity contribution < 1.29 is 9.90 Å². The van der Waals surface area contributed by atoms with Gasteiger partial charge in [0.05, 0.1) is 6.04 Å². The molecule has 0 spiro atoms. The molecule has 0 bridgehead atoms. The molecule has 0 saturated carbocycles. The molecule has 29 heavy (non-hydrogen) atoms. The monoisotopic (exact) mass is 403 g/mol. The summed E-state index contributed by atoms with van der Waals surface area (Å²) in [7, 11) is 0. The van der Waals surface area contributed by atoms with E-state index >= 15 is 0 Å². The first-order valence-electron chi connectivity index (χ1n) is 12.1. The number of hydrogen-bond donors (Lipinski definition) is 2. The van der Waals surface area contributed by atoms with Crippen LogP contribution in [0.4, 0.5) is 0 Å². The number of aromatic hydroxyl groups is 1. The van der Waals surface area contributed by atoms with Crippen molar-refractivity contribution >= 4 is 5.78 Å². The highest BCUT2D eigenvalue weighted by Gasteiger charge is 2.19. The molecule has 0 radical (unpaired) electrons. The van der Waals surface area contributed by atoms with Crippen molar-refractivity contribution in [2.45, 2.75) is 123 Å². The van der Waals surface area contributed by atoms with Crippen molar-refractivity contribution in [2.75, 3.05) is 0 Å². The second-order valence-corrected chi connectivity index (χ2v) is 8.66. The lowest BCUT2D eigenvalue weighted by Gasteiger charge is -2.25. The van der Waals surface area contributed by atoms with Crippen molar-refractivity contribution in [3.05, 3.63) is 29.8 Å². The minimum Gasteiger partial charge on any atom is -0.508 e. The van der Waals surface area contributed by atoms with Crippen LogP contribution in [0.5, 0.6) is 5.75 Å². The predicted octanol–water partition coefficient (Wildman–Crippen LogP) is 6.96. The first-order chi connectivity index (χ1) is 14.1. The normalized spacial score (nSPS) is 13.3. The first kappa shape index (κ1) is 25.7. The second kappa shape index (κ2) is 16.4. The van der Waals surface area contributed by atoms with E-state index in [4.69, 9.17) is 0 Å². The molecule has 166 valence electrons. The zero-order valence-electron chi connectivity index (χ0n) is 19.2. The fourth-order valence-electron chi connectivity index (χ4n) is 3.95. The van der Waals surface area contributed by atoms with Gasteiger partial charge in [-0.3, -0.25) is 4.79 Å². The van der Waals surface area contributed by atoms with Crippen LogP contribution in [0, 0.1) is 0 Å². The Morgan fingerprint density at radius 1 is 0.828 bits per heavy atom. The van der Waals surface area contributed by atoms with E-state index in [-0.39, 0.29) is 17.6 Å². The van der Waals surface area contributed by atoms with Crippen LogP contribution in [-0.4, -0.2) is 23.0 Å². The molecule has 1 rings (SSSR count). The van der Waals surface area contributed by atoms with E-state index in [0.29, 0.717) is 12.5 Å². The molecular formula is C26H45NO2. The van der Waals surface area contributed by atoms with Gasteiger partial charge in [0.15, 0.2) is 0 Å². The number of phenolic OH excluding ortho intramolecular Hbond substituents is 1. The summed E-state index contributed by atoms with van der Waals surface area (Å²) in [6, 6.07) is 7.53. The van der Waals surface area contributed by atoms with Gasteiger partial charge in [-0.05, 0) is 43.9 Å². The quantitative estimate of drug-likeness (QED) is 0.260. The highest BCUT2D eigenvalue weighted by Crippen LogP contribution is 2.17. The number of benzene rings is 1. The van der Waals surface area contributed by atoms with Crippen LogP contribution in [0.25, 0.3) is 0 Å². The number of ketones is 1. The van der Waals surface area contributed by atoms with Crippen LogP contribution in [0.1, 0.15) is 110 Å². The standard InChI is InChI=1S/C26H45NO2/c1-4-6-8-10-12-14-16-24(15-13-11-9-7-5-2)27-26(22(3)28)21-23-17-19-25(29)20-18-23/h17-20,24,26-27,29H,4-16,21H2,1-3H3. The zero-order chi connectivity index (χ0) is 21.3. The fraction of sp³-hybridized carbons (Fsp3) is 0.731. The van der Waals surface area contributed by atoms with E-state index in [1.165, 1.54) is 77.0 Å². The molecule has 3 heteroatoms. The van der Waals surface area contributed by atoms with Crippen LogP contribution in [0.3, 0.4) is 0 Å². The average molecular weight is 404 g/mol. The molecule has 2 atom stereocenters. The van der Waals surface area contributed by atoms with Crippen molar-refractivity contribution in [1.29, 1.82) is 0 Å². The summed E-state index contributed by atoms with van der Waals surface area (Å²) in [5.41, 5.74) is 1.09. The maximum absolute atomic E-state index is 12.3.